The molecule has 0 saturated heterocycles. The quantitative estimate of drug-likeness (QED) is 0.859. The van der Waals surface area contributed by atoms with Gasteiger partial charge in [-0.05, 0) is 31.5 Å². The van der Waals surface area contributed by atoms with E-state index in [9.17, 15) is 4.39 Å². The van der Waals surface area contributed by atoms with Crippen LogP contribution in [-0.2, 0) is 0 Å². The van der Waals surface area contributed by atoms with Gasteiger partial charge in [0.1, 0.15) is 0 Å². The van der Waals surface area contributed by atoms with E-state index in [-0.39, 0.29) is 11.9 Å². The average Bonchev–Trinajstić information content (AvgIpc) is 2.43. The molecule has 0 fully saturated rings. The topological polar surface area (TPSA) is 21.3 Å². The SMILES string of the molecule is CCOc1ccc(NC(C)c2ccccc2)cc1F. The number of anilines is 1. The van der Waals surface area contributed by atoms with Gasteiger partial charge in [-0.3, -0.25) is 0 Å². The van der Waals surface area contributed by atoms with Gasteiger partial charge in [0.25, 0.3) is 0 Å². The number of hydrogen-bond donors (Lipinski definition) is 1. The van der Waals surface area contributed by atoms with Crippen LogP contribution in [0.15, 0.2) is 48.5 Å². The van der Waals surface area contributed by atoms with Crippen molar-refractivity contribution in [1.29, 1.82) is 0 Å². The average molecular weight is 259 g/mol. The zero-order valence-electron chi connectivity index (χ0n) is 11.2. The van der Waals surface area contributed by atoms with Gasteiger partial charge in [-0.2, -0.15) is 0 Å². The van der Waals surface area contributed by atoms with Crippen LogP contribution in [0.25, 0.3) is 0 Å². The van der Waals surface area contributed by atoms with Gasteiger partial charge in [-0.25, -0.2) is 4.39 Å². The van der Waals surface area contributed by atoms with Gasteiger partial charge >= 0.3 is 0 Å². The standard InChI is InChI=1S/C16H18FNO/c1-3-19-16-10-9-14(11-15(16)17)18-12(2)13-7-5-4-6-8-13/h4-12,18H,3H2,1-2H3. The predicted molar refractivity (Wildman–Crippen MR) is 76.0 cm³/mol. The minimum absolute atomic E-state index is 0.124. The third-order valence-corrected chi connectivity index (χ3v) is 2.91. The Kier molecular flexibility index (Phi) is 4.39. The molecule has 3 heteroatoms. The molecule has 2 rings (SSSR count). The molecule has 0 aliphatic carbocycles. The van der Waals surface area contributed by atoms with E-state index in [4.69, 9.17) is 4.74 Å². The summed E-state index contributed by atoms with van der Waals surface area (Å²) in [5.74, 6) is -0.0486. The van der Waals surface area contributed by atoms with Crippen LogP contribution in [0.1, 0.15) is 25.5 Å². The third-order valence-electron chi connectivity index (χ3n) is 2.91. The third kappa shape index (κ3) is 3.47. The summed E-state index contributed by atoms with van der Waals surface area (Å²) in [4.78, 5) is 0. The van der Waals surface area contributed by atoms with Crippen LogP contribution in [0.2, 0.25) is 0 Å². The fourth-order valence-corrected chi connectivity index (χ4v) is 1.94. The second kappa shape index (κ2) is 6.23. The molecule has 0 spiro atoms. The summed E-state index contributed by atoms with van der Waals surface area (Å²) in [7, 11) is 0. The number of rotatable bonds is 5. The van der Waals surface area contributed by atoms with Crippen molar-refractivity contribution >= 4 is 5.69 Å². The lowest BCUT2D eigenvalue weighted by Gasteiger charge is -2.16. The van der Waals surface area contributed by atoms with Gasteiger partial charge in [0, 0.05) is 17.8 Å². The minimum atomic E-state index is -0.341. The zero-order chi connectivity index (χ0) is 13.7. The fourth-order valence-electron chi connectivity index (χ4n) is 1.94. The highest BCUT2D eigenvalue weighted by Crippen LogP contribution is 2.24. The summed E-state index contributed by atoms with van der Waals surface area (Å²) in [5, 5.41) is 3.27. The first kappa shape index (κ1) is 13.4. The lowest BCUT2D eigenvalue weighted by molar-refractivity contribution is 0.321. The Bertz CT molecular complexity index is 528. The molecule has 2 aromatic carbocycles. The van der Waals surface area contributed by atoms with E-state index in [2.05, 4.69) is 5.32 Å². The Morgan fingerprint density at radius 1 is 1.16 bits per heavy atom. The van der Waals surface area contributed by atoms with E-state index in [1.54, 1.807) is 6.07 Å². The number of nitrogens with one attached hydrogen (secondary N) is 1. The summed E-state index contributed by atoms with van der Waals surface area (Å²) < 4.78 is 18.9. The van der Waals surface area contributed by atoms with Crippen molar-refractivity contribution in [3.63, 3.8) is 0 Å². The molecule has 0 saturated carbocycles. The molecular formula is C16H18FNO. The van der Waals surface area contributed by atoms with Crippen molar-refractivity contribution < 1.29 is 9.13 Å². The monoisotopic (exact) mass is 259 g/mol. The Hall–Kier alpha value is -2.03. The molecule has 0 radical (unpaired) electrons. The van der Waals surface area contributed by atoms with Gasteiger partial charge in [0.2, 0.25) is 0 Å². The molecule has 2 nitrogen and oxygen atoms in total. The summed E-state index contributed by atoms with van der Waals surface area (Å²) in [6.07, 6.45) is 0. The minimum Gasteiger partial charge on any atom is -0.491 e. The molecule has 0 aliphatic rings. The lowest BCUT2D eigenvalue weighted by atomic mass is 10.1. The molecular weight excluding hydrogens is 241 g/mol. The van der Waals surface area contributed by atoms with E-state index < -0.39 is 0 Å². The highest BCUT2D eigenvalue weighted by molar-refractivity contribution is 5.49. The molecule has 1 unspecified atom stereocenters. The van der Waals surface area contributed by atoms with E-state index >= 15 is 0 Å². The van der Waals surface area contributed by atoms with Gasteiger partial charge in [-0.15, -0.1) is 0 Å². The van der Waals surface area contributed by atoms with Crippen LogP contribution in [0, 0.1) is 5.82 Å². The smallest absolute Gasteiger partial charge is 0.167 e. The van der Waals surface area contributed by atoms with Crippen molar-refractivity contribution in [1.82, 2.24) is 0 Å². The number of hydrogen-bond acceptors (Lipinski definition) is 2. The summed E-state index contributed by atoms with van der Waals surface area (Å²) >= 11 is 0. The molecule has 1 atom stereocenters. The molecule has 0 bridgehead atoms. The number of ether oxygens (including phenoxy) is 1. The van der Waals surface area contributed by atoms with Crippen molar-refractivity contribution in [3.05, 3.63) is 59.9 Å². The van der Waals surface area contributed by atoms with Crippen LogP contribution in [-0.4, -0.2) is 6.61 Å². The molecule has 2 aromatic rings. The van der Waals surface area contributed by atoms with Crippen molar-refractivity contribution in [2.24, 2.45) is 0 Å². The van der Waals surface area contributed by atoms with E-state index in [1.165, 1.54) is 6.07 Å². The normalized spacial score (nSPS) is 11.9. The highest BCUT2D eigenvalue weighted by Gasteiger charge is 2.07. The first-order valence-corrected chi connectivity index (χ1v) is 6.44. The van der Waals surface area contributed by atoms with E-state index in [1.807, 2.05) is 50.2 Å². The number of benzene rings is 2. The Balaban J connectivity index is 2.09. The predicted octanol–water partition coefficient (Wildman–Crippen LogP) is 4.40. The second-order valence-corrected chi connectivity index (χ2v) is 4.35. The van der Waals surface area contributed by atoms with Crippen LogP contribution in [0.3, 0.4) is 0 Å². The van der Waals surface area contributed by atoms with Crippen LogP contribution in [0.4, 0.5) is 10.1 Å². The maximum absolute atomic E-state index is 13.7. The van der Waals surface area contributed by atoms with Gasteiger partial charge in [0.15, 0.2) is 11.6 Å². The number of halogens is 1. The van der Waals surface area contributed by atoms with Gasteiger partial charge in [0.05, 0.1) is 6.61 Å². The molecule has 100 valence electrons. The van der Waals surface area contributed by atoms with Gasteiger partial charge < -0.3 is 10.1 Å². The first-order valence-electron chi connectivity index (χ1n) is 6.44. The first-order chi connectivity index (χ1) is 9.20. The molecule has 0 heterocycles. The van der Waals surface area contributed by atoms with Crippen LogP contribution >= 0.6 is 0 Å². The van der Waals surface area contributed by atoms with E-state index in [0.717, 1.165) is 11.3 Å². The molecule has 0 amide bonds. The second-order valence-electron chi connectivity index (χ2n) is 4.35. The Morgan fingerprint density at radius 2 is 1.89 bits per heavy atom. The fraction of sp³-hybridized carbons (Fsp3) is 0.250. The van der Waals surface area contributed by atoms with E-state index in [0.29, 0.717) is 12.4 Å². The molecule has 1 N–H and O–H groups in total. The Labute approximate surface area is 113 Å². The van der Waals surface area contributed by atoms with Crippen molar-refractivity contribution in [2.45, 2.75) is 19.9 Å². The lowest BCUT2D eigenvalue weighted by Crippen LogP contribution is -2.06. The summed E-state index contributed by atoms with van der Waals surface area (Å²) in [5.41, 5.74) is 1.91. The summed E-state index contributed by atoms with van der Waals surface area (Å²) in [6.45, 7) is 4.34. The molecule has 19 heavy (non-hydrogen) atoms. The van der Waals surface area contributed by atoms with Crippen LogP contribution < -0.4 is 10.1 Å². The summed E-state index contributed by atoms with van der Waals surface area (Å²) in [6, 6.07) is 15.1. The Morgan fingerprint density at radius 3 is 2.53 bits per heavy atom. The van der Waals surface area contributed by atoms with Gasteiger partial charge in [-0.1, -0.05) is 30.3 Å². The maximum Gasteiger partial charge on any atom is 0.167 e. The maximum atomic E-state index is 13.7. The molecule has 0 aromatic heterocycles. The zero-order valence-corrected chi connectivity index (χ0v) is 11.2. The van der Waals surface area contributed by atoms with Crippen LogP contribution in [0.5, 0.6) is 5.75 Å². The largest absolute Gasteiger partial charge is 0.491 e. The van der Waals surface area contributed by atoms with Crippen molar-refractivity contribution in [2.75, 3.05) is 11.9 Å². The highest BCUT2D eigenvalue weighted by atomic mass is 19.1. The van der Waals surface area contributed by atoms with Crippen molar-refractivity contribution in [3.8, 4) is 5.75 Å². The molecule has 0 aliphatic heterocycles.